The lowest BCUT2D eigenvalue weighted by atomic mass is 9.88. The van der Waals surface area contributed by atoms with Gasteiger partial charge in [-0.1, -0.05) is 67.2 Å². The van der Waals surface area contributed by atoms with Crippen LogP contribution >= 0.6 is 23.1 Å². The van der Waals surface area contributed by atoms with Crippen LogP contribution in [0.2, 0.25) is 0 Å². The minimum Gasteiger partial charge on any atom is -0.268 e. The molecule has 6 rings (SSSR count). The highest BCUT2D eigenvalue weighted by Crippen LogP contribution is 2.42. The average Bonchev–Trinajstić information content (AvgIpc) is 3.42. The molecule has 0 aliphatic heterocycles. The third-order valence-electron chi connectivity index (χ3n) is 6.20. The molecule has 0 saturated heterocycles. The van der Waals surface area contributed by atoms with Crippen LogP contribution in [0.25, 0.3) is 21.7 Å². The highest BCUT2D eigenvalue weighted by atomic mass is 32.2. The van der Waals surface area contributed by atoms with Crippen molar-refractivity contribution in [2.75, 3.05) is 0 Å². The maximum Gasteiger partial charge on any atom is 0.268 e. The minimum absolute atomic E-state index is 0.0111. The fourth-order valence-corrected chi connectivity index (χ4v) is 7.07. The number of para-hydroxylation sites is 1. The predicted molar refractivity (Wildman–Crippen MR) is 131 cm³/mol. The van der Waals surface area contributed by atoms with Gasteiger partial charge in [-0.05, 0) is 48.4 Å². The minimum atomic E-state index is 0.0111. The van der Waals surface area contributed by atoms with Crippen molar-refractivity contribution in [2.24, 2.45) is 0 Å². The summed E-state index contributed by atoms with van der Waals surface area (Å²) < 4.78 is 3.84. The molecule has 1 atom stereocenters. The van der Waals surface area contributed by atoms with E-state index in [-0.39, 0.29) is 5.56 Å². The van der Waals surface area contributed by atoms with Crippen molar-refractivity contribution in [3.8, 4) is 5.69 Å². The van der Waals surface area contributed by atoms with Gasteiger partial charge >= 0.3 is 0 Å². The molecule has 32 heavy (non-hydrogen) atoms. The SMILES string of the molecule is C[C@@H]1CCCc2sc3c(c21)c(=O)n(-c1ccccc1)c1nnc(SCc2ccccc2)n31. The highest BCUT2D eigenvalue weighted by Gasteiger charge is 2.28. The second-order valence-corrected chi connectivity index (χ2v) is 10.3. The molecule has 3 heterocycles. The van der Waals surface area contributed by atoms with Crippen molar-refractivity contribution in [3.63, 3.8) is 0 Å². The number of hydrogen-bond donors (Lipinski definition) is 0. The molecule has 0 saturated carbocycles. The Kier molecular flexibility index (Phi) is 4.88. The average molecular weight is 459 g/mol. The van der Waals surface area contributed by atoms with E-state index in [2.05, 4.69) is 45.8 Å². The molecule has 0 amide bonds. The quantitative estimate of drug-likeness (QED) is 0.318. The van der Waals surface area contributed by atoms with Crippen LogP contribution in [0.1, 0.15) is 41.7 Å². The summed E-state index contributed by atoms with van der Waals surface area (Å²) in [4.78, 5) is 16.2. The van der Waals surface area contributed by atoms with Gasteiger partial charge in [-0.25, -0.2) is 8.97 Å². The molecule has 0 N–H and O–H groups in total. The molecule has 5 aromatic rings. The highest BCUT2D eigenvalue weighted by molar-refractivity contribution is 7.98. The topological polar surface area (TPSA) is 52.2 Å². The fourth-order valence-electron chi connectivity index (χ4n) is 4.67. The number of hydrogen-bond acceptors (Lipinski definition) is 5. The molecule has 0 unspecified atom stereocenters. The van der Waals surface area contributed by atoms with Gasteiger partial charge in [-0.2, -0.15) is 0 Å². The first-order chi connectivity index (χ1) is 15.7. The normalized spacial score (nSPS) is 16.0. The van der Waals surface area contributed by atoms with E-state index in [1.54, 1.807) is 27.7 Å². The number of thiophene rings is 1. The summed E-state index contributed by atoms with van der Waals surface area (Å²) in [6, 6.07) is 20.2. The molecule has 0 bridgehead atoms. The Morgan fingerprint density at radius 2 is 1.81 bits per heavy atom. The zero-order valence-corrected chi connectivity index (χ0v) is 19.3. The monoisotopic (exact) mass is 458 g/mol. The lowest BCUT2D eigenvalue weighted by Crippen LogP contribution is -2.22. The summed E-state index contributed by atoms with van der Waals surface area (Å²) in [5, 5.41) is 10.7. The number of rotatable bonds is 4. The van der Waals surface area contributed by atoms with Crippen LogP contribution in [0.15, 0.2) is 70.6 Å². The summed E-state index contributed by atoms with van der Waals surface area (Å²) in [5.41, 5.74) is 3.30. The molecule has 3 aromatic heterocycles. The fraction of sp³-hybridized carbons (Fsp3) is 0.240. The lowest BCUT2D eigenvalue weighted by Gasteiger charge is -2.18. The Morgan fingerprint density at radius 3 is 2.59 bits per heavy atom. The molecule has 1 aliphatic carbocycles. The van der Waals surface area contributed by atoms with Gasteiger partial charge in [0.15, 0.2) is 5.16 Å². The van der Waals surface area contributed by atoms with Crippen LogP contribution in [0.3, 0.4) is 0 Å². The van der Waals surface area contributed by atoms with E-state index in [4.69, 9.17) is 0 Å². The van der Waals surface area contributed by atoms with E-state index in [0.717, 1.165) is 39.7 Å². The van der Waals surface area contributed by atoms with Crippen LogP contribution in [-0.2, 0) is 12.2 Å². The zero-order valence-electron chi connectivity index (χ0n) is 17.7. The van der Waals surface area contributed by atoms with Crippen molar-refractivity contribution >= 4 is 39.1 Å². The standard InChI is InChI=1S/C25H22N4OS2/c1-16-9-8-14-19-20(16)21-22(30)28(18-12-6-3-7-13-18)24-26-27-25(29(24)23(21)32-19)31-15-17-10-4-2-5-11-17/h2-7,10-13,16H,8-9,14-15H2,1H3/t16-/m1/s1. The third kappa shape index (κ3) is 3.11. The van der Waals surface area contributed by atoms with Crippen LogP contribution in [0.4, 0.5) is 0 Å². The van der Waals surface area contributed by atoms with E-state index in [1.807, 2.05) is 36.4 Å². The molecular weight excluding hydrogens is 436 g/mol. The van der Waals surface area contributed by atoms with Crippen molar-refractivity contribution < 1.29 is 0 Å². The number of thioether (sulfide) groups is 1. The predicted octanol–water partition coefficient (Wildman–Crippen LogP) is 5.83. The molecule has 0 radical (unpaired) electrons. The Balaban J connectivity index is 1.63. The van der Waals surface area contributed by atoms with Gasteiger partial charge in [-0.15, -0.1) is 21.5 Å². The van der Waals surface area contributed by atoms with Gasteiger partial charge in [0.1, 0.15) is 4.83 Å². The summed E-state index contributed by atoms with van der Waals surface area (Å²) in [5.74, 6) is 1.77. The first-order valence-electron chi connectivity index (χ1n) is 10.9. The Morgan fingerprint density at radius 1 is 1.06 bits per heavy atom. The van der Waals surface area contributed by atoms with E-state index < -0.39 is 0 Å². The molecule has 0 spiro atoms. The molecule has 5 nitrogen and oxygen atoms in total. The number of benzene rings is 2. The van der Waals surface area contributed by atoms with Crippen LogP contribution in [0, 0.1) is 0 Å². The number of fused-ring (bicyclic) bond motifs is 5. The van der Waals surface area contributed by atoms with Crippen molar-refractivity contribution in [1.82, 2.24) is 19.2 Å². The van der Waals surface area contributed by atoms with Gasteiger partial charge < -0.3 is 0 Å². The molecular formula is C25H22N4OS2. The van der Waals surface area contributed by atoms with Crippen LogP contribution in [-0.4, -0.2) is 19.2 Å². The summed E-state index contributed by atoms with van der Waals surface area (Å²) in [7, 11) is 0. The van der Waals surface area contributed by atoms with E-state index in [1.165, 1.54) is 22.4 Å². The maximum atomic E-state index is 13.9. The summed E-state index contributed by atoms with van der Waals surface area (Å²) >= 11 is 3.41. The first kappa shape index (κ1) is 19.8. The van der Waals surface area contributed by atoms with Crippen molar-refractivity contribution in [2.45, 2.75) is 43.0 Å². The maximum absolute atomic E-state index is 13.9. The van der Waals surface area contributed by atoms with Gasteiger partial charge in [0.05, 0.1) is 11.1 Å². The molecule has 7 heteroatoms. The second kappa shape index (κ2) is 7.90. The number of nitrogens with zero attached hydrogens (tertiary/aromatic N) is 4. The first-order valence-corrected chi connectivity index (χ1v) is 12.7. The smallest absolute Gasteiger partial charge is 0.268 e. The Labute approximate surface area is 193 Å². The molecule has 1 aliphatic rings. The Hall–Kier alpha value is -2.90. The van der Waals surface area contributed by atoms with Gasteiger partial charge in [0.25, 0.3) is 5.56 Å². The largest absolute Gasteiger partial charge is 0.268 e. The number of aromatic nitrogens is 4. The summed E-state index contributed by atoms with van der Waals surface area (Å²) in [6.45, 7) is 2.25. The summed E-state index contributed by atoms with van der Waals surface area (Å²) in [6.07, 6.45) is 3.34. The Bertz CT molecular complexity index is 1490. The number of aryl methyl sites for hydroxylation is 1. The molecule has 2 aromatic carbocycles. The van der Waals surface area contributed by atoms with Crippen molar-refractivity contribution in [3.05, 3.63) is 87.0 Å². The molecule has 160 valence electrons. The van der Waals surface area contributed by atoms with E-state index in [9.17, 15) is 4.79 Å². The van der Waals surface area contributed by atoms with Gasteiger partial charge in [-0.3, -0.25) is 4.79 Å². The molecule has 0 fully saturated rings. The van der Waals surface area contributed by atoms with E-state index >= 15 is 0 Å². The van der Waals surface area contributed by atoms with Gasteiger partial charge in [0, 0.05) is 10.6 Å². The lowest BCUT2D eigenvalue weighted by molar-refractivity contribution is 0.601. The van der Waals surface area contributed by atoms with Crippen molar-refractivity contribution in [1.29, 1.82) is 0 Å². The third-order valence-corrected chi connectivity index (χ3v) is 8.45. The van der Waals surface area contributed by atoms with E-state index in [0.29, 0.717) is 11.7 Å². The van der Waals surface area contributed by atoms with Crippen LogP contribution in [0.5, 0.6) is 0 Å². The zero-order chi connectivity index (χ0) is 21.7. The van der Waals surface area contributed by atoms with Crippen LogP contribution < -0.4 is 5.56 Å². The second-order valence-electron chi connectivity index (χ2n) is 8.28. The van der Waals surface area contributed by atoms with Gasteiger partial charge in [0.2, 0.25) is 5.78 Å².